The molecule has 23 heavy (non-hydrogen) atoms. The molecule has 124 valence electrons. The molecule has 5 nitrogen and oxygen atoms in total. The predicted octanol–water partition coefficient (Wildman–Crippen LogP) is 2.34. The quantitative estimate of drug-likeness (QED) is 0.824. The average Bonchev–Trinajstić information content (AvgIpc) is 3.19. The SMILES string of the molecule is C[C@H](CNC(=O)CCc1nc2ccccc2[nH]1)CN1CCCC1. The number of fused-ring (bicyclic) bond motifs is 1. The molecule has 0 radical (unpaired) electrons. The first-order valence-electron chi connectivity index (χ1n) is 8.63. The highest BCUT2D eigenvalue weighted by atomic mass is 16.1. The fraction of sp³-hybridized carbons (Fsp3) is 0.556. The van der Waals surface area contributed by atoms with Crippen molar-refractivity contribution in [2.75, 3.05) is 26.2 Å². The first-order valence-corrected chi connectivity index (χ1v) is 8.63. The summed E-state index contributed by atoms with van der Waals surface area (Å²) in [6.45, 7) is 6.48. The molecule has 0 bridgehead atoms. The second-order valence-electron chi connectivity index (χ2n) is 6.62. The van der Waals surface area contributed by atoms with E-state index in [-0.39, 0.29) is 5.91 Å². The molecule has 0 saturated carbocycles. The van der Waals surface area contributed by atoms with Crippen molar-refractivity contribution in [3.63, 3.8) is 0 Å². The van der Waals surface area contributed by atoms with Gasteiger partial charge in [-0.25, -0.2) is 4.98 Å². The number of aromatic amines is 1. The highest BCUT2D eigenvalue weighted by Crippen LogP contribution is 2.12. The lowest BCUT2D eigenvalue weighted by Gasteiger charge is -2.20. The van der Waals surface area contributed by atoms with Gasteiger partial charge in [0.15, 0.2) is 0 Å². The molecule has 1 aromatic heterocycles. The van der Waals surface area contributed by atoms with Crippen molar-refractivity contribution in [3.8, 4) is 0 Å². The average molecular weight is 314 g/mol. The van der Waals surface area contributed by atoms with Crippen LogP contribution in [0.2, 0.25) is 0 Å². The lowest BCUT2D eigenvalue weighted by Crippen LogP contribution is -2.34. The van der Waals surface area contributed by atoms with Crippen LogP contribution >= 0.6 is 0 Å². The monoisotopic (exact) mass is 314 g/mol. The van der Waals surface area contributed by atoms with Gasteiger partial charge in [0.2, 0.25) is 5.91 Å². The van der Waals surface area contributed by atoms with Gasteiger partial charge in [-0.15, -0.1) is 0 Å². The summed E-state index contributed by atoms with van der Waals surface area (Å²) in [7, 11) is 0. The number of carbonyl (C=O) groups is 1. The Hall–Kier alpha value is -1.88. The first-order chi connectivity index (χ1) is 11.2. The number of aromatic nitrogens is 2. The minimum absolute atomic E-state index is 0.110. The number of imidazole rings is 1. The van der Waals surface area contributed by atoms with E-state index in [9.17, 15) is 4.79 Å². The molecule has 1 saturated heterocycles. The second-order valence-corrected chi connectivity index (χ2v) is 6.62. The minimum Gasteiger partial charge on any atom is -0.356 e. The van der Waals surface area contributed by atoms with Crippen LogP contribution in [0.15, 0.2) is 24.3 Å². The smallest absolute Gasteiger partial charge is 0.220 e. The Labute approximate surface area is 137 Å². The van der Waals surface area contributed by atoms with Crippen LogP contribution in [0.4, 0.5) is 0 Å². The number of nitrogens with one attached hydrogen (secondary N) is 2. The van der Waals surface area contributed by atoms with Crippen molar-refractivity contribution in [2.24, 2.45) is 5.92 Å². The Bertz CT molecular complexity index is 612. The molecule has 0 aliphatic carbocycles. The van der Waals surface area contributed by atoms with Crippen molar-refractivity contribution >= 4 is 16.9 Å². The molecule has 1 aromatic carbocycles. The number of nitrogens with zero attached hydrogens (tertiary/aromatic N) is 2. The largest absolute Gasteiger partial charge is 0.356 e. The molecule has 1 aliphatic heterocycles. The summed E-state index contributed by atoms with van der Waals surface area (Å²) in [5, 5.41) is 3.05. The normalized spacial score (nSPS) is 16.7. The summed E-state index contributed by atoms with van der Waals surface area (Å²) in [5.41, 5.74) is 1.99. The maximum atomic E-state index is 12.0. The maximum absolute atomic E-state index is 12.0. The molecular weight excluding hydrogens is 288 g/mol. The zero-order chi connectivity index (χ0) is 16.1. The van der Waals surface area contributed by atoms with Crippen LogP contribution in [-0.4, -0.2) is 47.0 Å². The van der Waals surface area contributed by atoms with E-state index in [1.54, 1.807) is 0 Å². The second kappa shape index (κ2) is 7.59. The number of hydrogen-bond donors (Lipinski definition) is 2. The van der Waals surface area contributed by atoms with Gasteiger partial charge in [0, 0.05) is 25.9 Å². The lowest BCUT2D eigenvalue weighted by molar-refractivity contribution is -0.121. The molecule has 1 amide bonds. The number of likely N-dealkylation sites (tertiary alicyclic amines) is 1. The number of aryl methyl sites for hydroxylation is 1. The third kappa shape index (κ3) is 4.55. The van der Waals surface area contributed by atoms with E-state index in [0.29, 0.717) is 18.8 Å². The zero-order valence-corrected chi connectivity index (χ0v) is 13.8. The molecule has 2 N–H and O–H groups in total. The van der Waals surface area contributed by atoms with E-state index >= 15 is 0 Å². The fourth-order valence-corrected chi connectivity index (χ4v) is 3.20. The molecule has 5 heteroatoms. The van der Waals surface area contributed by atoms with E-state index < -0.39 is 0 Å². The van der Waals surface area contributed by atoms with Crippen molar-refractivity contribution in [1.82, 2.24) is 20.2 Å². The van der Waals surface area contributed by atoms with Gasteiger partial charge >= 0.3 is 0 Å². The van der Waals surface area contributed by atoms with Crippen LogP contribution < -0.4 is 5.32 Å². The van der Waals surface area contributed by atoms with Gasteiger partial charge in [0.25, 0.3) is 0 Å². The van der Waals surface area contributed by atoms with Gasteiger partial charge in [-0.3, -0.25) is 4.79 Å². The molecule has 2 heterocycles. The lowest BCUT2D eigenvalue weighted by atomic mass is 10.1. The number of carbonyl (C=O) groups excluding carboxylic acids is 1. The zero-order valence-electron chi connectivity index (χ0n) is 13.8. The highest BCUT2D eigenvalue weighted by molar-refractivity contribution is 5.77. The summed E-state index contributed by atoms with van der Waals surface area (Å²) in [5.74, 6) is 1.49. The third-order valence-corrected chi connectivity index (χ3v) is 4.44. The summed E-state index contributed by atoms with van der Waals surface area (Å²) < 4.78 is 0. The molecule has 3 rings (SSSR count). The van der Waals surface area contributed by atoms with Crippen LogP contribution in [0.25, 0.3) is 11.0 Å². The Morgan fingerprint density at radius 3 is 2.91 bits per heavy atom. The number of para-hydroxylation sites is 2. The van der Waals surface area contributed by atoms with E-state index in [0.717, 1.165) is 29.9 Å². The minimum atomic E-state index is 0.110. The molecule has 1 atom stereocenters. The van der Waals surface area contributed by atoms with Crippen LogP contribution in [0.5, 0.6) is 0 Å². The van der Waals surface area contributed by atoms with Gasteiger partial charge < -0.3 is 15.2 Å². The van der Waals surface area contributed by atoms with E-state index in [1.165, 1.54) is 25.9 Å². The van der Waals surface area contributed by atoms with Crippen LogP contribution in [0.1, 0.15) is 32.0 Å². The van der Waals surface area contributed by atoms with Gasteiger partial charge in [-0.2, -0.15) is 0 Å². The summed E-state index contributed by atoms with van der Waals surface area (Å²) >= 11 is 0. The summed E-state index contributed by atoms with van der Waals surface area (Å²) in [6, 6.07) is 7.95. The van der Waals surface area contributed by atoms with Gasteiger partial charge in [-0.05, 0) is 44.0 Å². The molecular formula is C18H26N4O. The van der Waals surface area contributed by atoms with E-state index in [1.807, 2.05) is 24.3 Å². The molecule has 2 aromatic rings. The van der Waals surface area contributed by atoms with Gasteiger partial charge in [0.1, 0.15) is 5.82 Å². The first kappa shape index (κ1) is 16.0. The number of amides is 1. The Morgan fingerprint density at radius 2 is 2.13 bits per heavy atom. The highest BCUT2D eigenvalue weighted by Gasteiger charge is 2.15. The van der Waals surface area contributed by atoms with Crippen molar-refractivity contribution in [2.45, 2.75) is 32.6 Å². The Balaban J connectivity index is 1.38. The Kier molecular flexibility index (Phi) is 5.28. The maximum Gasteiger partial charge on any atom is 0.220 e. The van der Waals surface area contributed by atoms with Crippen molar-refractivity contribution in [1.29, 1.82) is 0 Å². The number of hydrogen-bond acceptors (Lipinski definition) is 3. The van der Waals surface area contributed by atoms with Gasteiger partial charge in [-0.1, -0.05) is 19.1 Å². The number of rotatable bonds is 7. The topological polar surface area (TPSA) is 61.0 Å². The molecule has 1 aliphatic rings. The predicted molar refractivity (Wildman–Crippen MR) is 92.3 cm³/mol. The Morgan fingerprint density at radius 1 is 1.35 bits per heavy atom. The molecule has 1 fully saturated rings. The van der Waals surface area contributed by atoms with Crippen molar-refractivity contribution < 1.29 is 4.79 Å². The fourth-order valence-electron chi connectivity index (χ4n) is 3.20. The van der Waals surface area contributed by atoms with Crippen molar-refractivity contribution in [3.05, 3.63) is 30.1 Å². The van der Waals surface area contributed by atoms with E-state index in [4.69, 9.17) is 0 Å². The number of H-pyrrole nitrogens is 1. The number of benzene rings is 1. The summed E-state index contributed by atoms with van der Waals surface area (Å²) in [4.78, 5) is 22.3. The third-order valence-electron chi connectivity index (χ3n) is 4.44. The van der Waals surface area contributed by atoms with E-state index in [2.05, 4.69) is 27.1 Å². The molecule has 0 spiro atoms. The van der Waals surface area contributed by atoms with Gasteiger partial charge in [0.05, 0.1) is 11.0 Å². The van der Waals surface area contributed by atoms with Crippen LogP contribution in [-0.2, 0) is 11.2 Å². The van der Waals surface area contributed by atoms with Crippen LogP contribution in [0, 0.1) is 5.92 Å². The van der Waals surface area contributed by atoms with Crippen LogP contribution in [0.3, 0.4) is 0 Å². The summed E-state index contributed by atoms with van der Waals surface area (Å²) in [6.07, 6.45) is 3.77. The molecule has 0 unspecified atom stereocenters. The standard InChI is InChI=1S/C18H26N4O/c1-14(13-22-10-4-5-11-22)12-19-18(23)9-8-17-20-15-6-2-3-7-16(15)21-17/h2-3,6-7,14H,4-5,8-13H2,1H3,(H,19,23)(H,20,21)/t14-/m1/s1.